The molecular weight excluding hydrogens is 1110 g/mol. The van der Waals surface area contributed by atoms with Gasteiger partial charge in [-0.1, -0.05) is 62.1 Å². The minimum Gasteiger partial charge on any atom is -0.397 e. The molecule has 1 unspecified atom stereocenters. The number of aliphatic hydroxyl groups is 1. The number of benzene rings is 4. The Kier molecular flexibility index (Phi) is 23.4. The first-order valence-electron chi connectivity index (χ1n) is 26.2. The number of carbonyl (C=O) groups excluding carboxylic acids is 5. The molecule has 1 atom stereocenters. The highest BCUT2D eigenvalue weighted by Crippen LogP contribution is 2.36. The third kappa shape index (κ3) is 17.5. The van der Waals surface area contributed by atoms with E-state index in [1.807, 2.05) is 72.8 Å². The Morgan fingerprint density at radius 2 is 1.11 bits per heavy atom. The van der Waals surface area contributed by atoms with Gasteiger partial charge in [0.05, 0.1) is 36.6 Å². The maximum absolute atomic E-state index is 13.5. The average molecular weight is 1170 g/mol. The van der Waals surface area contributed by atoms with Crippen molar-refractivity contribution >= 4 is 53.2 Å². The smallest absolute Gasteiger partial charge is 0.261 e. The number of carbonyl (C=O) groups is 5. The van der Waals surface area contributed by atoms with Crippen LogP contribution in [0.4, 0.5) is 37.7 Å². The van der Waals surface area contributed by atoms with E-state index in [2.05, 4.69) is 20.6 Å². The van der Waals surface area contributed by atoms with Crippen molar-refractivity contribution < 1.29 is 55.4 Å². The van der Waals surface area contributed by atoms with Crippen molar-refractivity contribution in [3.8, 4) is 0 Å². The van der Waals surface area contributed by atoms with E-state index >= 15 is 0 Å². The van der Waals surface area contributed by atoms with Crippen molar-refractivity contribution in [2.75, 3.05) is 17.2 Å². The molecule has 3 N–H and O–H groups in total. The number of aldehydes is 1. The van der Waals surface area contributed by atoms with Gasteiger partial charge >= 0.3 is 0 Å². The third-order valence-electron chi connectivity index (χ3n) is 12.9. The average Bonchev–Trinajstić information content (AvgIpc) is 3.55. The summed E-state index contributed by atoms with van der Waals surface area (Å²) in [7, 11) is 0. The fraction of sp³-hybridized carbons (Fsp3) is 0.185. The number of nitrogens with zero attached hydrogens (tertiary/aromatic N) is 4. The van der Waals surface area contributed by atoms with Crippen molar-refractivity contribution in [2.45, 2.75) is 71.9 Å². The Hall–Kier alpha value is -9.95. The molecule has 0 aliphatic carbocycles. The molecule has 6 heterocycles. The van der Waals surface area contributed by atoms with E-state index in [-0.39, 0.29) is 91.5 Å². The lowest BCUT2D eigenvalue weighted by Gasteiger charge is -2.09. The monoisotopic (exact) mass is 1160 g/mol. The Balaban J connectivity index is 0.000000231. The Morgan fingerprint density at radius 3 is 1.58 bits per heavy atom. The number of amides is 2. The number of aliphatic hydroxyl groups excluding tert-OH is 1. The number of ketones is 2. The number of hydrogen-bond acceptors (Lipinski definition) is 10. The number of halogens is 6. The van der Waals surface area contributed by atoms with E-state index in [4.69, 9.17) is 5.11 Å². The third-order valence-corrected chi connectivity index (χ3v) is 12.9. The second-order valence-corrected chi connectivity index (χ2v) is 19.0. The lowest BCUT2D eigenvalue weighted by Crippen LogP contribution is -2.26. The molecule has 8 aromatic rings. The number of aromatic nitrogens is 4. The lowest BCUT2D eigenvalue weighted by atomic mass is 9.93. The molecule has 2 aliphatic rings. The van der Waals surface area contributed by atoms with Gasteiger partial charge in [-0.15, -0.1) is 0 Å². The van der Waals surface area contributed by atoms with Gasteiger partial charge in [-0.2, -0.15) is 0 Å². The second kappa shape index (κ2) is 30.9. The summed E-state index contributed by atoms with van der Waals surface area (Å²) in [5.74, 6) is -9.67. The van der Waals surface area contributed by atoms with Gasteiger partial charge in [0.25, 0.3) is 11.1 Å². The van der Waals surface area contributed by atoms with Gasteiger partial charge in [0, 0.05) is 73.6 Å². The molecule has 20 heteroatoms. The van der Waals surface area contributed by atoms with Gasteiger partial charge in [0.1, 0.15) is 0 Å². The maximum Gasteiger partial charge on any atom is 0.261 e. The van der Waals surface area contributed by atoms with E-state index in [9.17, 15) is 59.9 Å². The van der Waals surface area contributed by atoms with E-state index in [0.29, 0.717) is 31.2 Å². The standard InChI is InChI=1S/C31H24F3N3O3.C25H19F3N2O3.C6H5NO.C2H6O.CH4/c32-25-14-21(15-26(33)29(25)34)18-37-12-4-7-23(31(37)40)28(38)8-2-1-5-19-9-10-22-24(30(39)36-27(22)16-19)13-20-6-3-11-35-17-20;26-19-10-16(11-20(27)24(19)28)14-30-9-3-5-18(25(30)33)22(31)6-2-1-4-15-7-8-17-13-23(32)29-21(17)12-15;8-5-6-2-1-3-7-4-6;1-2-3;/h1,3-7,9-12,14-17,24H,2,8,13,18H2,(H,36,39);1,3-5,7-12H,2,6,13-14H2,(H,29,32);1-5H;3H,2H2,1H3;1H4/b5-1+;4-1+;;;. The van der Waals surface area contributed by atoms with Gasteiger partial charge in [0.15, 0.2) is 52.8 Å². The summed E-state index contributed by atoms with van der Waals surface area (Å²) in [6.07, 6.45) is 19.3. The molecule has 0 saturated carbocycles. The lowest BCUT2D eigenvalue weighted by molar-refractivity contribution is -0.117. The molecule has 0 spiro atoms. The second-order valence-electron chi connectivity index (χ2n) is 19.0. The first-order chi connectivity index (χ1) is 40.5. The number of pyridine rings is 4. The molecule has 0 radical (unpaired) electrons. The van der Waals surface area contributed by atoms with E-state index in [1.54, 1.807) is 37.6 Å². The number of allylic oxidation sites excluding steroid dienone is 2. The molecule has 2 aliphatic heterocycles. The van der Waals surface area contributed by atoms with Crippen LogP contribution in [-0.4, -0.2) is 60.5 Å². The molecule has 2 amide bonds. The van der Waals surface area contributed by atoms with E-state index in [1.165, 1.54) is 42.9 Å². The Labute approximate surface area is 484 Å². The molecule has 14 nitrogen and oxygen atoms in total. The number of fused-ring (bicyclic) bond motifs is 2. The van der Waals surface area contributed by atoms with E-state index in [0.717, 1.165) is 78.9 Å². The molecule has 0 saturated heterocycles. The minimum atomic E-state index is -1.58. The fourth-order valence-corrected chi connectivity index (χ4v) is 8.87. The van der Waals surface area contributed by atoms with Gasteiger partial charge in [0.2, 0.25) is 11.8 Å². The quantitative estimate of drug-likeness (QED) is 0.0341. The van der Waals surface area contributed by atoms with Gasteiger partial charge in [-0.3, -0.25) is 43.5 Å². The highest BCUT2D eigenvalue weighted by Gasteiger charge is 2.30. The van der Waals surface area contributed by atoms with Gasteiger partial charge < -0.3 is 24.9 Å². The Morgan fingerprint density at radius 1 is 0.612 bits per heavy atom. The van der Waals surface area contributed by atoms with Crippen molar-refractivity contribution in [3.63, 3.8) is 0 Å². The molecule has 0 bridgehead atoms. The SMILES string of the molecule is C.CCO.O=C(CC/C=C/c1ccc2c(c1)NC(=O)C2Cc1cccnc1)c1cccn(Cc2cc(F)c(F)c(F)c2)c1=O.O=C1Cc2ccc(/C=C/CCC(=O)c3cccn(Cc4cc(F)c(F)c(F)c4)c3=O)cc2N1.O=Cc1cccnc1. The maximum atomic E-state index is 13.5. The summed E-state index contributed by atoms with van der Waals surface area (Å²) < 4.78 is 82.6. The van der Waals surface area contributed by atoms with Crippen molar-refractivity contribution in [1.82, 2.24) is 19.1 Å². The van der Waals surface area contributed by atoms with Crippen LogP contribution in [0.2, 0.25) is 0 Å². The summed E-state index contributed by atoms with van der Waals surface area (Å²) in [6, 6.07) is 27.6. The molecule has 4 aromatic carbocycles. The van der Waals surface area contributed by atoms with Crippen LogP contribution < -0.4 is 21.8 Å². The Bertz CT molecular complexity index is 3840. The fourth-order valence-electron chi connectivity index (χ4n) is 8.87. The molecule has 438 valence electrons. The highest BCUT2D eigenvalue weighted by atomic mass is 19.2. The summed E-state index contributed by atoms with van der Waals surface area (Å²) >= 11 is 0. The van der Waals surface area contributed by atoms with Gasteiger partial charge in [-0.25, -0.2) is 26.3 Å². The molecule has 0 fully saturated rings. The number of rotatable bonds is 17. The predicted octanol–water partition coefficient (Wildman–Crippen LogP) is 11.7. The van der Waals surface area contributed by atoms with Gasteiger partial charge in [-0.05, 0) is 144 Å². The molecule has 4 aromatic heterocycles. The molecular formula is C65H58F6N6O8. The molecule has 10 rings (SSSR count). The largest absolute Gasteiger partial charge is 0.397 e. The van der Waals surface area contributed by atoms with Crippen LogP contribution >= 0.6 is 0 Å². The van der Waals surface area contributed by atoms with Crippen molar-refractivity contribution in [1.29, 1.82) is 0 Å². The van der Waals surface area contributed by atoms with Crippen molar-refractivity contribution in [2.24, 2.45) is 0 Å². The molecule has 85 heavy (non-hydrogen) atoms. The predicted molar refractivity (Wildman–Crippen MR) is 311 cm³/mol. The van der Waals surface area contributed by atoms with Crippen LogP contribution in [0.1, 0.15) is 116 Å². The van der Waals surface area contributed by atoms with Crippen molar-refractivity contribution in [3.05, 3.63) is 270 Å². The topological polar surface area (TPSA) is 199 Å². The zero-order chi connectivity index (χ0) is 60.3. The van der Waals surface area contributed by atoms with Crippen LogP contribution in [0.25, 0.3) is 12.2 Å². The van der Waals surface area contributed by atoms with E-state index < -0.39 is 46.0 Å². The summed E-state index contributed by atoms with van der Waals surface area (Å²) in [4.78, 5) is 92.6. The zero-order valence-electron chi connectivity index (χ0n) is 45.0. The highest BCUT2D eigenvalue weighted by molar-refractivity contribution is 6.03. The summed E-state index contributed by atoms with van der Waals surface area (Å²) in [5, 5.41) is 13.3. The number of hydrogen-bond donors (Lipinski definition) is 3. The van der Waals surface area contributed by atoms with Crippen LogP contribution in [0, 0.1) is 34.9 Å². The summed E-state index contributed by atoms with van der Waals surface area (Å²) in [5.41, 5.74) is 5.58. The van der Waals surface area contributed by atoms with Crippen LogP contribution in [0.5, 0.6) is 0 Å². The first-order valence-corrected chi connectivity index (χ1v) is 26.2. The normalized spacial score (nSPS) is 12.7. The van der Waals surface area contributed by atoms with Crippen LogP contribution in [-0.2, 0) is 35.5 Å². The first kappa shape index (κ1) is 64.2. The zero-order valence-corrected chi connectivity index (χ0v) is 45.0. The number of anilines is 2. The summed E-state index contributed by atoms with van der Waals surface area (Å²) in [6.45, 7) is 1.51. The minimum absolute atomic E-state index is 0. The van der Waals surface area contributed by atoms with Crippen LogP contribution in [0.3, 0.4) is 0 Å². The van der Waals surface area contributed by atoms with Crippen LogP contribution in [0.15, 0.2) is 168 Å². The number of nitrogens with one attached hydrogen (secondary N) is 2. The number of Topliss-reactive ketones (excluding diaryl/α,β-unsaturated/α-hetero) is 2.